The van der Waals surface area contributed by atoms with Gasteiger partial charge < -0.3 is 18.8 Å². The molecule has 0 saturated carbocycles. The second-order valence-corrected chi connectivity index (χ2v) is 4.80. The van der Waals surface area contributed by atoms with Crippen LogP contribution in [0, 0.1) is 0 Å². The van der Waals surface area contributed by atoms with Gasteiger partial charge in [0.15, 0.2) is 6.10 Å². The first-order valence-corrected chi connectivity index (χ1v) is 6.78. The van der Waals surface area contributed by atoms with Gasteiger partial charge in [0.1, 0.15) is 5.56 Å². The fraction of sp³-hybridized carbons (Fsp3) is 0.312. The average molecular weight is 319 g/mol. The van der Waals surface area contributed by atoms with Gasteiger partial charge in [-0.3, -0.25) is 4.79 Å². The number of para-hydroxylation sites is 1. The first-order chi connectivity index (χ1) is 11.0. The molecule has 1 aromatic heterocycles. The number of ether oxygens (including phenoxy) is 3. The van der Waals surface area contributed by atoms with Crippen molar-refractivity contribution in [1.29, 1.82) is 0 Å². The zero-order valence-corrected chi connectivity index (χ0v) is 13.3. The number of pyridine rings is 1. The number of methoxy groups -OCH3 is 3. The Balaban J connectivity index is 2.95. The van der Waals surface area contributed by atoms with Gasteiger partial charge in [0.05, 0.1) is 25.4 Å². The number of carbonyl (C=O) groups is 2. The van der Waals surface area contributed by atoms with Gasteiger partial charge in [-0.1, -0.05) is 12.1 Å². The van der Waals surface area contributed by atoms with Gasteiger partial charge in [-0.25, -0.2) is 9.59 Å². The molecule has 0 bridgehead atoms. The summed E-state index contributed by atoms with van der Waals surface area (Å²) < 4.78 is 16.1. The Labute approximate surface area is 132 Å². The first-order valence-electron chi connectivity index (χ1n) is 6.78. The molecule has 0 unspecified atom stereocenters. The van der Waals surface area contributed by atoms with Crippen LogP contribution in [0.3, 0.4) is 0 Å². The van der Waals surface area contributed by atoms with Crippen molar-refractivity contribution in [1.82, 2.24) is 4.57 Å². The van der Waals surface area contributed by atoms with E-state index in [0.717, 1.165) is 0 Å². The Kier molecular flexibility index (Phi) is 4.80. The largest absolute Gasteiger partial charge is 0.467 e. The van der Waals surface area contributed by atoms with E-state index < -0.39 is 23.5 Å². The van der Waals surface area contributed by atoms with E-state index in [0.29, 0.717) is 10.9 Å². The molecule has 1 heterocycles. The van der Waals surface area contributed by atoms with Crippen LogP contribution in [-0.4, -0.2) is 37.8 Å². The number of hydrogen-bond donors (Lipinski definition) is 0. The van der Waals surface area contributed by atoms with Crippen molar-refractivity contribution in [2.75, 3.05) is 21.3 Å². The molecule has 0 spiro atoms. The zero-order valence-electron chi connectivity index (χ0n) is 13.3. The van der Waals surface area contributed by atoms with Crippen LogP contribution in [0.4, 0.5) is 0 Å². The zero-order chi connectivity index (χ0) is 17.1. The minimum Gasteiger partial charge on any atom is -0.467 e. The summed E-state index contributed by atoms with van der Waals surface area (Å²) in [6.45, 7) is 0. The Morgan fingerprint density at radius 3 is 2.30 bits per heavy atom. The number of carbonyl (C=O) groups excluding carboxylic acids is 2. The average Bonchev–Trinajstić information content (AvgIpc) is 2.58. The predicted octanol–water partition coefficient (Wildman–Crippen LogP) is 1.19. The smallest absolute Gasteiger partial charge is 0.343 e. The molecule has 1 aromatic carbocycles. The first kappa shape index (κ1) is 16.7. The molecular formula is C16H17NO6. The van der Waals surface area contributed by atoms with E-state index >= 15 is 0 Å². The van der Waals surface area contributed by atoms with E-state index in [-0.39, 0.29) is 11.3 Å². The molecule has 122 valence electrons. The predicted molar refractivity (Wildman–Crippen MR) is 82.3 cm³/mol. The van der Waals surface area contributed by atoms with Crippen LogP contribution >= 0.6 is 0 Å². The number of nitrogens with zero attached hydrogens (tertiary/aromatic N) is 1. The molecule has 0 aliphatic heterocycles. The number of benzene rings is 1. The third-order valence-corrected chi connectivity index (χ3v) is 3.64. The van der Waals surface area contributed by atoms with Gasteiger partial charge in [-0.2, -0.15) is 0 Å². The second-order valence-electron chi connectivity index (χ2n) is 4.80. The second kappa shape index (κ2) is 6.62. The lowest BCUT2D eigenvalue weighted by molar-refractivity contribution is -0.153. The van der Waals surface area contributed by atoms with Crippen LogP contribution in [0.5, 0.6) is 0 Å². The molecule has 0 amide bonds. The van der Waals surface area contributed by atoms with E-state index in [9.17, 15) is 14.4 Å². The van der Waals surface area contributed by atoms with Crippen LogP contribution < -0.4 is 5.43 Å². The van der Waals surface area contributed by atoms with E-state index in [1.165, 1.54) is 21.3 Å². The molecule has 1 atom stereocenters. The standard InChI is InChI=1S/C16H17NO6/c1-17-10-8-6-5-7-9(10)13(18)11(15(19)22-3)12(17)14(21-2)16(20)23-4/h5-8,14H,1-4H3/t14-/m0/s1. The highest BCUT2D eigenvalue weighted by Gasteiger charge is 2.32. The molecule has 23 heavy (non-hydrogen) atoms. The van der Waals surface area contributed by atoms with Crippen LogP contribution in [0.1, 0.15) is 22.2 Å². The summed E-state index contributed by atoms with van der Waals surface area (Å²) in [7, 11) is 5.30. The van der Waals surface area contributed by atoms with Gasteiger partial charge in [-0.05, 0) is 12.1 Å². The quantitative estimate of drug-likeness (QED) is 0.787. The Bertz CT molecular complexity index is 823. The fourth-order valence-corrected chi connectivity index (χ4v) is 2.54. The van der Waals surface area contributed by atoms with Gasteiger partial charge >= 0.3 is 11.9 Å². The molecule has 0 radical (unpaired) electrons. The number of hydrogen-bond acceptors (Lipinski definition) is 6. The number of aryl methyl sites for hydroxylation is 1. The Morgan fingerprint density at radius 1 is 1.09 bits per heavy atom. The number of esters is 2. The van der Waals surface area contributed by atoms with Gasteiger partial charge in [0.2, 0.25) is 5.43 Å². The normalized spacial score (nSPS) is 12.0. The summed E-state index contributed by atoms with van der Waals surface area (Å²) in [6.07, 6.45) is -1.23. The lowest BCUT2D eigenvalue weighted by atomic mass is 10.0. The van der Waals surface area contributed by atoms with Crippen molar-refractivity contribution < 1.29 is 23.8 Å². The number of rotatable bonds is 4. The summed E-state index contributed by atoms with van der Waals surface area (Å²) in [4.78, 5) is 36.8. The maximum Gasteiger partial charge on any atom is 0.343 e. The van der Waals surface area contributed by atoms with Crippen molar-refractivity contribution in [2.45, 2.75) is 6.10 Å². The van der Waals surface area contributed by atoms with Crippen molar-refractivity contribution in [3.63, 3.8) is 0 Å². The van der Waals surface area contributed by atoms with Gasteiger partial charge in [-0.15, -0.1) is 0 Å². The third kappa shape index (κ3) is 2.70. The van der Waals surface area contributed by atoms with Crippen LogP contribution in [0.15, 0.2) is 29.1 Å². The summed E-state index contributed by atoms with van der Waals surface area (Å²) in [5, 5.41) is 0.346. The van der Waals surface area contributed by atoms with Crippen LogP contribution in [-0.2, 0) is 26.1 Å². The fourth-order valence-electron chi connectivity index (χ4n) is 2.54. The molecule has 0 aliphatic carbocycles. The molecular weight excluding hydrogens is 302 g/mol. The van der Waals surface area contributed by atoms with Crippen LogP contribution in [0.2, 0.25) is 0 Å². The molecule has 7 heteroatoms. The van der Waals surface area contributed by atoms with Gasteiger partial charge in [0.25, 0.3) is 0 Å². The summed E-state index contributed by atoms with van der Waals surface area (Å²) in [5.41, 5.74) is -0.113. The van der Waals surface area contributed by atoms with Crippen LogP contribution in [0.25, 0.3) is 10.9 Å². The van der Waals surface area contributed by atoms with Crippen molar-refractivity contribution in [2.24, 2.45) is 7.05 Å². The number of aromatic nitrogens is 1. The van der Waals surface area contributed by atoms with Gasteiger partial charge in [0, 0.05) is 19.5 Å². The maximum absolute atomic E-state index is 12.7. The highest BCUT2D eigenvalue weighted by atomic mass is 16.6. The monoisotopic (exact) mass is 319 g/mol. The van der Waals surface area contributed by atoms with E-state index in [2.05, 4.69) is 0 Å². The van der Waals surface area contributed by atoms with Crippen molar-refractivity contribution in [3.8, 4) is 0 Å². The van der Waals surface area contributed by atoms with E-state index in [4.69, 9.17) is 14.2 Å². The SMILES string of the molecule is COC(=O)c1c([C@H](OC)C(=O)OC)n(C)c2ccccc2c1=O. The summed E-state index contributed by atoms with van der Waals surface area (Å²) in [5.74, 6) is -1.56. The molecule has 2 aromatic rings. The number of fused-ring (bicyclic) bond motifs is 1. The lowest BCUT2D eigenvalue weighted by Gasteiger charge is -2.21. The van der Waals surface area contributed by atoms with Crippen molar-refractivity contribution in [3.05, 3.63) is 45.7 Å². The molecule has 7 nitrogen and oxygen atoms in total. The third-order valence-electron chi connectivity index (χ3n) is 3.64. The Hall–Kier alpha value is -2.67. The minimum atomic E-state index is -1.23. The van der Waals surface area contributed by atoms with Crippen molar-refractivity contribution >= 4 is 22.8 Å². The summed E-state index contributed by atoms with van der Waals surface area (Å²) in [6, 6.07) is 6.76. The highest BCUT2D eigenvalue weighted by molar-refractivity contribution is 5.97. The highest BCUT2D eigenvalue weighted by Crippen LogP contribution is 2.24. The lowest BCUT2D eigenvalue weighted by Crippen LogP contribution is -2.30. The molecule has 0 N–H and O–H groups in total. The summed E-state index contributed by atoms with van der Waals surface area (Å²) >= 11 is 0. The Morgan fingerprint density at radius 2 is 1.74 bits per heavy atom. The minimum absolute atomic E-state index is 0.0925. The van der Waals surface area contributed by atoms with E-state index in [1.807, 2.05) is 0 Å². The molecule has 0 saturated heterocycles. The topological polar surface area (TPSA) is 83.8 Å². The maximum atomic E-state index is 12.7. The molecule has 0 aliphatic rings. The molecule has 0 fully saturated rings. The van der Waals surface area contributed by atoms with E-state index in [1.54, 1.807) is 35.9 Å². The molecule has 2 rings (SSSR count).